The van der Waals surface area contributed by atoms with Crippen molar-refractivity contribution in [2.24, 2.45) is 56.2 Å². The van der Waals surface area contributed by atoms with E-state index in [1.165, 1.54) is 57.8 Å². The van der Waals surface area contributed by atoms with Gasteiger partial charge in [-0.3, -0.25) is 4.79 Å². The Morgan fingerprint density at radius 2 is 1.26 bits per heavy atom. The highest BCUT2D eigenvalue weighted by Crippen LogP contribution is 2.78. The fourth-order valence-electron chi connectivity index (χ4n) is 11.2. The Kier molecular flexibility index (Phi) is 4.65. The van der Waals surface area contributed by atoms with Crippen LogP contribution in [-0.4, -0.2) is 5.78 Å². The molecule has 0 aliphatic heterocycles. The number of hydrogen-bond acceptors (Lipinski definition) is 1. The second kappa shape index (κ2) is 6.41. The van der Waals surface area contributed by atoms with Crippen molar-refractivity contribution in [3.8, 4) is 0 Å². The molecule has 0 radical (unpaired) electrons. The maximum Gasteiger partial charge on any atom is 0.136 e. The van der Waals surface area contributed by atoms with E-state index >= 15 is 0 Å². The number of rotatable bonds is 0. The van der Waals surface area contributed by atoms with Gasteiger partial charge in [-0.15, -0.1) is 0 Å². The lowest BCUT2D eigenvalue weighted by molar-refractivity contribution is -0.256. The molecule has 1 nitrogen and oxygen atoms in total. The van der Waals surface area contributed by atoms with Gasteiger partial charge in [-0.2, -0.15) is 0 Å². The number of hydrogen-bond donors (Lipinski definition) is 0. The average molecular weight is 427 g/mol. The van der Waals surface area contributed by atoms with E-state index in [0.717, 1.165) is 30.6 Å². The van der Waals surface area contributed by atoms with E-state index < -0.39 is 0 Å². The summed E-state index contributed by atoms with van der Waals surface area (Å²) in [5.74, 6) is 3.27. The second-order valence-electron chi connectivity index (χ2n) is 15.3. The molecule has 0 spiro atoms. The van der Waals surface area contributed by atoms with Gasteiger partial charge in [0, 0.05) is 12.3 Å². The molecular weight excluding hydrogens is 376 g/mol. The largest absolute Gasteiger partial charge is 0.299 e. The molecule has 0 heterocycles. The van der Waals surface area contributed by atoms with E-state index in [-0.39, 0.29) is 11.3 Å². The zero-order valence-electron chi connectivity index (χ0n) is 22.0. The lowest BCUT2D eigenvalue weighted by Crippen LogP contribution is -2.67. The van der Waals surface area contributed by atoms with Crippen LogP contribution in [0.5, 0.6) is 0 Å². The van der Waals surface area contributed by atoms with E-state index in [9.17, 15) is 4.79 Å². The quantitative estimate of drug-likeness (QED) is 0.379. The lowest BCUT2D eigenvalue weighted by atomic mass is 9.30. The van der Waals surface area contributed by atoms with Gasteiger partial charge in [-0.05, 0) is 114 Å². The van der Waals surface area contributed by atoms with Gasteiger partial charge in [0.2, 0.25) is 0 Å². The molecule has 0 N–H and O–H groups in total. The first kappa shape index (κ1) is 22.5. The summed E-state index contributed by atoms with van der Waals surface area (Å²) in [6.45, 7) is 20.7. The molecule has 9 atom stereocenters. The number of fused-ring (bicyclic) bond motifs is 7. The van der Waals surface area contributed by atoms with Gasteiger partial charge in [-0.25, -0.2) is 0 Å². The van der Waals surface area contributed by atoms with Crippen LogP contribution in [0.2, 0.25) is 0 Å². The number of Topliss-reactive ketones (excluding diaryl/α,β-unsaturated/α-hetero) is 1. The number of carbonyl (C=O) groups excluding carboxylic acids is 1. The molecule has 0 aromatic rings. The van der Waals surface area contributed by atoms with Crippen LogP contribution in [0.1, 0.15) is 126 Å². The van der Waals surface area contributed by atoms with Crippen molar-refractivity contribution >= 4 is 5.78 Å². The van der Waals surface area contributed by atoms with E-state index in [2.05, 4.69) is 55.4 Å². The fourth-order valence-corrected chi connectivity index (χ4v) is 11.2. The standard InChI is InChI=1S/C30H50O/c1-20-21(31)9-10-22-27(20,5)12-11-23-28(22,6)16-18-30(8)24-19-25(2,3)13-14-26(24,4)15-17-29(23,30)7/h20,22-24H,9-19H2,1-8H3/t20-,22-,23-,24+,26+,27-,28-,29-,30-/m1/s1. The third-order valence-electron chi connectivity index (χ3n) is 13.7. The fraction of sp³-hybridized carbons (Fsp3) is 0.967. The molecule has 0 unspecified atom stereocenters. The first-order valence-electron chi connectivity index (χ1n) is 13.7. The SMILES string of the molecule is C[C@@H]1C(=O)CC[C@@H]2[C@]1(C)CC[C@@H]1[C@]2(C)CC[C@]2(C)[C@H]3CC(C)(C)CC[C@@]3(C)CC[C@]12C. The van der Waals surface area contributed by atoms with Gasteiger partial charge in [0.25, 0.3) is 0 Å². The van der Waals surface area contributed by atoms with Crippen molar-refractivity contribution in [3.63, 3.8) is 0 Å². The summed E-state index contributed by atoms with van der Waals surface area (Å²) in [7, 11) is 0. The summed E-state index contributed by atoms with van der Waals surface area (Å²) in [5, 5.41) is 0. The minimum absolute atomic E-state index is 0.237. The highest BCUT2D eigenvalue weighted by atomic mass is 16.1. The van der Waals surface area contributed by atoms with E-state index in [4.69, 9.17) is 0 Å². The molecule has 5 rings (SSSR count). The van der Waals surface area contributed by atoms with Crippen molar-refractivity contribution in [1.29, 1.82) is 0 Å². The van der Waals surface area contributed by atoms with Crippen molar-refractivity contribution in [1.82, 2.24) is 0 Å². The van der Waals surface area contributed by atoms with Crippen LogP contribution in [0.4, 0.5) is 0 Å². The maximum absolute atomic E-state index is 12.7. The Morgan fingerprint density at radius 3 is 1.97 bits per heavy atom. The Morgan fingerprint density at radius 1 is 0.645 bits per heavy atom. The molecule has 5 fully saturated rings. The van der Waals surface area contributed by atoms with Crippen molar-refractivity contribution in [2.75, 3.05) is 0 Å². The second-order valence-corrected chi connectivity index (χ2v) is 15.3. The normalized spacial score (nSPS) is 58.5. The first-order valence-corrected chi connectivity index (χ1v) is 13.7. The molecule has 5 aliphatic carbocycles. The molecule has 0 amide bonds. The summed E-state index contributed by atoms with van der Waals surface area (Å²) >= 11 is 0. The lowest BCUT2D eigenvalue weighted by Gasteiger charge is -2.74. The molecule has 0 aromatic heterocycles. The van der Waals surface area contributed by atoms with Crippen LogP contribution in [0.3, 0.4) is 0 Å². The van der Waals surface area contributed by atoms with Crippen LogP contribution in [0, 0.1) is 56.2 Å². The smallest absolute Gasteiger partial charge is 0.136 e. The molecule has 5 saturated carbocycles. The summed E-state index contributed by atoms with van der Waals surface area (Å²) in [4.78, 5) is 12.7. The summed E-state index contributed by atoms with van der Waals surface area (Å²) in [6, 6.07) is 0. The van der Waals surface area contributed by atoms with E-state index in [1.54, 1.807) is 0 Å². The zero-order chi connectivity index (χ0) is 22.7. The van der Waals surface area contributed by atoms with Crippen LogP contribution in [0.15, 0.2) is 0 Å². The van der Waals surface area contributed by atoms with E-state index in [0.29, 0.717) is 32.9 Å². The van der Waals surface area contributed by atoms with Crippen LogP contribution in [0.25, 0.3) is 0 Å². The van der Waals surface area contributed by atoms with Gasteiger partial charge in [0.15, 0.2) is 0 Å². The van der Waals surface area contributed by atoms with E-state index in [1.807, 2.05) is 0 Å². The minimum atomic E-state index is 0.237. The third kappa shape index (κ3) is 2.70. The molecular formula is C30H50O. The average Bonchev–Trinajstić information content (AvgIpc) is 2.69. The Bertz CT molecular complexity index is 781. The Labute approximate surface area is 192 Å². The molecule has 0 bridgehead atoms. The van der Waals surface area contributed by atoms with Crippen molar-refractivity contribution in [2.45, 2.75) is 126 Å². The molecule has 1 heteroatoms. The summed E-state index contributed by atoms with van der Waals surface area (Å²) in [6.07, 6.45) is 14.6. The maximum atomic E-state index is 12.7. The monoisotopic (exact) mass is 426 g/mol. The molecule has 176 valence electrons. The predicted octanol–water partition coefficient (Wildman–Crippen LogP) is 8.46. The van der Waals surface area contributed by atoms with Crippen LogP contribution >= 0.6 is 0 Å². The summed E-state index contributed by atoms with van der Waals surface area (Å²) in [5.41, 5.74) is 2.67. The Balaban J connectivity index is 1.55. The molecule has 0 saturated heterocycles. The topological polar surface area (TPSA) is 17.1 Å². The minimum Gasteiger partial charge on any atom is -0.299 e. The number of ketones is 1. The highest BCUT2D eigenvalue weighted by Gasteiger charge is 2.70. The van der Waals surface area contributed by atoms with Gasteiger partial charge in [0.05, 0.1) is 0 Å². The van der Waals surface area contributed by atoms with Crippen LogP contribution < -0.4 is 0 Å². The van der Waals surface area contributed by atoms with Gasteiger partial charge >= 0.3 is 0 Å². The summed E-state index contributed by atoms with van der Waals surface area (Å²) < 4.78 is 0. The Hall–Kier alpha value is -0.330. The number of carbonyl (C=O) groups is 1. The van der Waals surface area contributed by atoms with Crippen molar-refractivity contribution < 1.29 is 4.79 Å². The van der Waals surface area contributed by atoms with Crippen molar-refractivity contribution in [3.05, 3.63) is 0 Å². The first-order chi connectivity index (χ1) is 14.2. The van der Waals surface area contributed by atoms with Gasteiger partial charge in [-0.1, -0.05) is 55.4 Å². The molecule has 31 heavy (non-hydrogen) atoms. The van der Waals surface area contributed by atoms with Gasteiger partial charge in [0.1, 0.15) is 5.78 Å². The third-order valence-corrected chi connectivity index (χ3v) is 13.7. The molecule has 0 aromatic carbocycles. The molecule has 5 aliphatic rings. The zero-order valence-corrected chi connectivity index (χ0v) is 22.0. The highest BCUT2D eigenvalue weighted by molar-refractivity contribution is 5.82. The predicted molar refractivity (Wildman–Crippen MR) is 130 cm³/mol. The van der Waals surface area contributed by atoms with Crippen LogP contribution in [-0.2, 0) is 4.79 Å². The van der Waals surface area contributed by atoms with Gasteiger partial charge < -0.3 is 0 Å².